The monoisotopic (exact) mass is 190 g/mol. The number of carbonyl (C=O) groups is 1. The van der Waals surface area contributed by atoms with Crippen LogP contribution in [-0.4, -0.2) is 11.1 Å². The highest BCUT2D eigenvalue weighted by Crippen LogP contribution is 2.11. The first kappa shape index (κ1) is 10.5. The molecule has 0 heterocycles. The molecule has 0 unspecified atom stereocenters. The number of hydrogen-bond donors (Lipinski definition) is 1. The summed E-state index contributed by atoms with van der Waals surface area (Å²) in [5.41, 5.74) is 3.61. The van der Waals surface area contributed by atoms with Crippen LogP contribution < -0.4 is 0 Å². The average Bonchev–Trinajstić information content (AvgIpc) is 2.08. The number of rotatable bonds is 3. The van der Waals surface area contributed by atoms with Gasteiger partial charge in [0.2, 0.25) is 0 Å². The second-order valence-corrected chi connectivity index (χ2v) is 3.37. The van der Waals surface area contributed by atoms with Crippen molar-refractivity contribution < 1.29 is 9.90 Å². The van der Waals surface area contributed by atoms with Crippen molar-refractivity contribution in [1.82, 2.24) is 0 Å². The van der Waals surface area contributed by atoms with Gasteiger partial charge in [0, 0.05) is 6.08 Å². The lowest BCUT2D eigenvalue weighted by molar-refractivity contribution is -0.131. The van der Waals surface area contributed by atoms with Crippen LogP contribution >= 0.6 is 0 Å². The predicted octanol–water partition coefficient (Wildman–Crippen LogP) is 2.49. The SMILES string of the molecule is Cc1ccc(C/C=C/C(=O)O)c(C)c1. The number of allylic oxidation sites excluding steroid dienone is 1. The molecule has 0 aliphatic rings. The van der Waals surface area contributed by atoms with Crippen LogP contribution in [0, 0.1) is 13.8 Å². The van der Waals surface area contributed by atoms with Crippen LogP contribution in [0.15, 0.2) is 30.4 Å². The van der Waals surface area contributed by atoms with Crippen molar-refractivity contribution in [2.45, 2.75) is 20.3 Å². The molecule has 1 N–H and O–H groups in total. The first-order valence-electron chi connectivity index (χ1n) is 4.55. The molecule has 0 radical (unpaired) electrons. The maximum absolute atomic E-state index is 10.2. The van der Waals surface area contributed by atoms with Crippen molar-refractivity contribution in [2.24, 2.45) is 0 Å². The molecule has 0 aromatic heterocycles. The lowest BCUT2D eigenvalue weighted by Gasteiger charge is -2.03. The molecule has 0 amide bonds. The minimum Gasteiger partial charge on any atom is -0.478 e. The van der Waals surface area contributed by atoms with Crippen LogP contribution in [-0.2, 0) is 11.2 Å². The Hall–Kier alpha value is -1.57. The van der Waals surface area contributed by atoms with E-state index >= 15 is 0 Å². The van der Waals surface area contributed by atoms with Gasteiger partial charge in [0.25, 0.3) is 0 Å². The van der Waals surface area contributed by atoms with Crippen LogP contribution in [0.5, 0.6) is 0 Å². The minimum absolute atomic E-state index is 0.679. The van der Waals surface area contributed by atoms with Crippen molar-refractivity contribution in [3.8, 4) is 0 Å². The highest BCUT2D eigenvalue weighted by atomic mass is 16.4. The van der Waals surface area contributed by atoms with Gasteiger partial charge in [-0.15, -0.1) is 0 Å². The summed E-state index contributed by atoms with van der Waals surface area (Å²) in [6.07, 6.45) is 3.53. The number of hydrogen-bond acceptors (Lipinski definition) is 1. The highest BCUT2D eigenvalue weighted by Gasteiger charge is 1.96. The van der Waals surface area contributed by atoms with Crippen LogP contribution in [0.25, 0.3) is 0 Å². The maximum atomic E-state index is 10.2. The fourth-order valence-corrected chi connectivity index (χ4v) is 1.36. The second-order valence-electron chi connectivity index (χ2n) is 3.37. The van der Waals surface area contributed by atoms with E-state index < -0.39 is 5.97 Å². The molecule has 1 aromatic carbocycles. The molecule has 0 saturated heterocycles. The van der Waals surface area contributed by atoms with Crippen molar-refractivity contribution in [3.63, 3.8) is 0 Å². The lowest BCUT2D eigenvalue weighted by Crippen LogP contribution is -1.90. The summed E-state index contributed by atoms with van der Waals surface area (Å²) in [4.78, 5) is 10.2. The maximum Gasteiger partial charge on any atom is 0.327 e. The molecule has 0 atom stereocenters. The molecular weight excluding hydrogens is 176 g/mol. The lowest BCUT2D eigenvalue weighted by atomic mass is 10.0. The van der Waals surface area contributed by atoms with Gasteiger partial charge >= 0.3 is 5.97 Å². The van der Waals surface area contributed by atoms with Gasteiger partial charge in [-0.05, 0) is 31.4 Å². The molecule has 14 heavy (non-hydrogen) atoms. The Morgan fingerprint density at radius 1 is 1.43 bits per heavy atom. The fourth-order valence-electron chi connectivity index (χ4n) is 1.36. The summed E-state index contributed by atoms with van der Waals surface area (Å²) >= 11 is 0. The van der Waals surface area contributed by atoms with Crippen LogP contribution in [0.1, 0.15) is 16.7 Å². The van der Waals surface area contributed by atoms with Crippen molar-refractivity contribution in [2.75, 3.05) is 0 Å². The van der Waals surface area contributed by atoms with Gasteiger partial charge < -0.3 is 5.11 Å². The van der Waals surface area contributed by atoms with Crippen LogP contribution in [0.2, 0.25) is 0 Å². The van der Waals surface area contributed by atoms with Gasteiger partial charge in [0.15, 0.2) is 0 Å². The van der Waals surface area contributed by atoms with E-state index in [0.717, 1.165) is 0 Å². The number of carboxylic acid groups (broad SMARTS) is 1. The van der Waals surface area contributed by atoms with Gasteiger partial charge in [-0.2, -0.15) is 0 Å². The smallest absolute Gasteiger partial charge is 0.327 e. The Morgan fingerprint density at radius 2 is 2.14 bits per heavy atom. The summed E-state index contributed by atoms with van der Waals surface area (Å²) in [6.45, 7) is 4.08. The molecule has 1 rings (SSSR count). The fraction of sp³-hybridized carbons (Fsp3) is 0.250. The van der Waals surface area contributed by atoms with Gasteiger partial charge in [-0.1, -0.05) is 29.8 Å². The molecule has 0 fully saturated rings. The standard InChI is InChI=1S/C12H14O2/c1-9-6-7-11(10(2)8-9)4-3-5-12(13)14/h3,5-8H,4H2,1-2H3,(H,13,14)/b5-3+. The number of benzene rings is 1. The molecule has 74 valence electrons. The third-order valence-corrected chi connectivity index (χ3v) is 2.10. The van der Waals surface area contributed by atoms with Crippen molar-refractivity contribution in [3.05, 3.63) is 47.0 Å². The molecule has 0 bridgehead atoms. The van der Waals surface area contributed by atoms with E-state index in [4.69, 9.17) is 5.11 Å². The molecule has 0 saturated carbocycles. The number of aryl methyl sites for hydroxylation is 2. The third-order valence-electron chi connectivity index (χ3n) is 2.10. The Kier molecular flexibility index (Phi) is 3.46. The quantitative estimate of drug-likeness (QED) is 0.743. The topological polar surface area (TPSA) is 37.3 Å². The molecule has 0 aliphatic carbocycles. The van der Waals surface area contributed by atoms with Crippen molar-refractivity contribution in [1.29, 1.82) is 0 Å². The second kappa shape index (κ2) is 4.61. The summed E-state index contributed by atoms with van der Waals surface area (Å²) < 4.78 is 0. The molecular formula is C12H14O2. The molecule has 0 spiro atoms. The van der Waals surface area contributed by atoms with Gasteiger partial charge in [-0.3, -0.25) is 0 Å². The van der Waals surface area contributed by atoms with E-state index in [1.54, 1.807) is 6.08 Å². The normalized spacial score (nSPS) is 10.7. The summed E-state index contributed by atoms with van der Waals surface area (Å²) in [5.74, 6) is -0.894. The minimum atomic E-state index is -0.894. The predicted molar refractivity (Wildman–Crippen MR) is 56.4 cm³/mol. The Labute approximate surface area is 83.9 Å². The van der Waals surface area contributed by atoms with E-state index in [2.05, 4.69) is 6.07 Å². The zero-order chi connectivity index (χ0) is 10.6. The van der Waals surface area contributed by atoms with E-state index in [-0.39, 0.29) is 0 Å². The number of carboxylic acids is 1. The summed E-state index contributed by atoms with van der Waals surface area (Å²) in [5, 5.41) is 8.42. The van der Waals surface area contributed by atoms with Gasteiger partial charge in [-0.25, -0.2) is 4.79 Å². The Bertz CT molecular complexity index is 365. The van der Waals surface area contributed by atoms with Gasteiger partial charge in [0.05, 0.1) is 0 Å². The summed E-state index contributed by atoms with van der Waals surface area (Å²) in [6, 6.07) is 6.18. The average molecular weight is 190 g/mol. The largest absolute Gasteiger partial charge is 0.478 e. The van der Waals surface area contributed by atoms with E-state index in [1.165, 1.54) is 22.8 Å². The zero-order valence-electron chi connectivity index (χ0n) is 8.45. The Balaban J connectivity index is 2.73. The first-order valence-corrected chi connectivity index (χ1v) is 4.55. The molecule has 0 aliphatic heterocycles. The first-order chi connectivity index (χ1) is 6.59. The van der Waals surface area contributed by atoms with E-state index in [0.29, 0.717) is 6.42 Å². The van der Waals surface area contributed by atoms with Gasteiger partial charge in [0.1, 0.15) is 0 Å². The molecule has 2 nitrogen and oxygen atoms in total. The third kappa shape index (κ3) is 3.05. The van der Waals surface area contributed by atoms with Crippen molar-refractivity contribution >= 4 is 5.97 Å². The summed E-state index contributed by atoms with van der Waals surface area (Å²) in [7, 11) is 0. The Morgan fingerprint density at radius 3 is 2.71 bits per heavy atom. The molecule has 1 aromatic rings. The highest BCUT2D eigenvalue weighted by molar-refractivity contribution is 5.79. The van der Waals surface area contributed by atoms with Crippen LogP contribution in [0.3, 0.4) is 0 Å². The van der Waals surface area contributed by atoms with Crippen LogP contribution in [0.4, 0.5) is 0 Å². The van der Waals surface area contributed by atoms with E-state index in [9.17, 15) is 4.79 Å². The number of aliphatic carboxylic acids is 1. The zero-order valence-corrected chi connectivity index (χ0v) is 8.45. The molecule has 2 heteroatoms. The van der Waals surface area contributed by atoms with E-state index in [1.807, 2.05) is 26.0 Å².